The van der Waals surface area contributed by atoms with Gasteiger partial charge in [-0.15, -0.1) is 11.8 Å². The monoisotopic (exact) mass is 377 g/mol. The van der Waals surface area contributed by atoms with Gasteiger partial charge in [-0.3, -0.25) is 4.79 Å². The second-order valence-electron chi connectivity index (χ2n) is 6.13. The van der Waals surface area contributed by atoms with E-state index in [9.17, 15) is 4.79 Å². The molecule has 0 heterocycles. The van der Waals surface area contributed by atoms with Crippen LogP contribution in [0.4, 0.5) is 0 Å². The molecular formula is C23H23NO2S. The Hall–Kier alpha value is -2.56. The molecule has 3 aromatic rings. The molecule has 3 rings (SSSR count). The summed E-state index contributed by atoms with van der Waals surface area (Å²) in [6, 6.07) is 30.0. The van der Waals surface area contributed by atoms with Crippen LogP contribution in [0.15, 0.2) is 95.9 Å². The smallest absolute Gasteiger partial charge is 0.321 e. The van der Waals surface area contributed by atoms with Crippen LogP contribution in [-0.4, -0.2) is 18.3 Å². The summed E-state index contributed by atoms with van der Waals surface area (Å²) in [7, 11) is 1.44. The summed E-state index contributed by atoms with van der Waals surface area (Å²) in [6.07, 6.45) is 0. The molecule has 0 radical (unpaired) electrons. The Morgan fingerprint density at radius 1 is 0.889 bits per heavy atom. The molecule has 0 bridgehead atoms. The van der Waals surface area contributed by atoms with Crippen LogP contribution in [0.5, 0.6) is 0 Å². The second-order valence-corrected chi connectivity index (χ2v) is 7.34. The van der Waals surface area contributed by atoms with E-state index in [0.29, 0.717) is 6.54 Å². The predicted octanol–water partition coefficient (Wildman–Crippen LogP) is 4.85. The van der Waals surface area contributed by atoms with E-state index < -0.39 is 5.25 Å². The summed E-state index contributed by atoms with van der Waals surface area (Å²) in [5.41, 5.74) is 2.24. The van der Waals surface area contributed by atoms with E-state index in [1.54, 1.807) is 0 Å². The molecule has 3 nitrogen and oxygen atoms in total. The first kappa shape index (κ1) is 19.2. The molecule has 0 fully saturated rings. The molecule has 3 aromatic carbocycles. The zero-order valence-corrected chi connectivity index (χ0v) is 16.1. The number of carbonyl (C=O) groups excluding carboxylic acids is 1. The van der Waals surface area contributed by atoms with Crippen molar-refractivity contribution in [2.45, 2.75) is 22.7 Å². The third-order valence-electron chi connectivity index (χ3n) is 4.27. The molecule has 0 aliphatic rings. The van der Waals surface area contributed by atoms with Crippen LogP contribution in [0.25, 0.3) is 0 Å². The van der Waals surface area contributed by atoms with Gasteiger partial charge < -0.3 is 10.1 Å². The summed E-state index contributed by atoms with van der Waals surface area (Å²) < 4.78 is 5.14. The Labute approximate surface area is 164 Å². The topological polar surface area (TPSA) is 38.3 Å². The molecule has 2 unspecified atom stereocenters. The minimum absolute atomic E-state index is 0.177. The number of ether oxygens (including phenoxy) is 1. The van der Waals surface area contributed by atoms with Gasteiger partial charge in [0.15, 0.2) is 0 Å². The first-order valence-electron chi connectivity index (χ1n) is 8.89. The van der Waals surface area contributed by atoms with Crippen molar-refractivity contribution in [1.29, 1.82) is 0 Å². The molecular weight excluding hydrogens is 354 g/mol. The van der Waals surface area contributed by atoms with Gasteiger partial charge in [0.2, 0.25) is 0 Å². The van der Waals surface area contributed by atoms with Gasteiger partial charge in [-0.25, -0.2) is 0 Å². The highest BCUT2D eigenvalue weighted by molar-refractivity contribution is 8.00. The van der Waals surface area contributed by atoms with Crippen LogP contribution in [-0.2, 0) is 16.1 Å². The third-order valence-corrected chi connectivity index (χ3v) is 5.53. The number of thioether (sulfide) groups is 1. The molecule has 27 heavy (non-hydrogen) atoms. The fourth-order valence-corrected chi connectivity index (χ4v) is 4.09. The number of esters is 1. The van der Waals surface area contributed by atoms with Gasteiger partial charge in [-0.2, -0.15) is 0 Å². The average molecular weight is 378 g/mol. The average Bonchev–Trinajstić information content (AvgIpc) is 2.74. The van der Waals surface area contributed by atoms with Gasteiger partial charge in [0.1, 0.15) is 5.25 Å². The van der Waals surface area contributed by atoms with Crippen molar-refractivity contribution in [1.82, 2.24) is 5.32 Å². The number of methoxy groups -OCH3 is 1. The lowest BCUT2D eigenvalue weighted by atomic mass is 10.0. The Kier molecular flexibility index (Phi) is 7.08. The number of carbonyl (C=O) groups is 1. The first-order valence-corrected chi connectivity index (χ1v) is 9.77. The van der Waals surface area contributed by atoms with Crippen molar-refractivity contribution in [2.75, 3.05) is 7.11 Å². The highest BCUT2D eigenvalue weighted by Gasteiger charge is 2.31. The van der Waals surface area contributed by atoms with E-state index in [1.165, 1.54) is 24.4 Å². The Balaban J connectivity index is 1.88. The SMILES string of the molecule is COC(=O)C(Sc1ccccc1)C(NCc1ccccc1)c1ccccc1. The van der Waals surface area contributed by atoms with E-state index in [4.69, 9.17) is 4.74 Å². The minimum Gasteiger partial charge on any atom is -0.468 e. The molecule has 0 spiro atoms. The lowest BCUT2D eigenvalue weighted by Gasteiger charge is -2.26. The maximum absolute atomic E-state index is 12.7. The fourth-order valence-electron chi connectivity index (χ4n) is 2.90. The second kappa shape index (κ2) is 9.95. The molecule has 0 saturated carbocycles. The molecule has 0 aliphatic heterocycles. The molecule has 0 aliphatic carbocycles. The Morgan fingerprint density at radius 3 is 2.04 bits per heavy atom. The molecule has 138 valence electrons. The van der Waals surface area contributed by atoms with E-state index in [0.717, 1.165) is 10.5 Å². The number of rotatable bonds is 8. The maximum atomic E-state index is 12.7. The number of hydrogen-bond acceptors (Lipinski definition) is 4. The lowest BCUT2D eigenvalue weighted by molar-refractivity contribution is -0.140. The van der Waals surface area contributed by atoms with Crippen molar-refractivity contribution in [3.63, 3.8) is 0 Å². The van der Waals surface area contributed by atoms with Gasteiger partial charge in [0.25, 0.3) is 0 Å². The van der Waals surface area contributed by atoms with Crippen molar-refractivity contribution in [3.05, 3.63) is 102 Å². The maximum Gasteiger partial charge on any atom is 0.321 e. The van der Waals surface area contributed by atoms with Gasteiger partial charge in [0, 0.05) is 11.4 Å². The van der Waals surface area contributed by atoms with Crippen LogP contribution >= 0.6 is 11.8 Å². The summed E-state index contributed by atoms with van der Waals surface area (Å²) in [5, 5.41) is 3.17. The third kappa shape index (κ3) is 5.46. The Bertz CT molecular complexity index is 825. The quantitative estimate of drug-likeness (QED) is 0.450. The molecule has 2 atom stereocenters. The zero-order chi connectivity index (χ0) is 18.9. The van der Waals surface area contributed by atoms with Gasteiger partial charge in [-0.1, -0.05) is 78.9 Å². The van der Waals surface area contributed by atoms with Gasteiger partial charge >= 0.3 is 5.97 Å². The predicted molar refractivity (Wildman–Crippen MR) is 111 cm³/mol. The van der Waals surface area contributed by atoms with Crippen molar-refractivity contribution in [2.24, 2.45) is 0 Å². The summed E-state index contributed by atoms with van der Waals surface area (Å²) in [5.74, 6) is -0.238. The Morgan fingerprint density at radius 2 is 1.44 bits per heavy atom. The van der Waals surface area contributed by atoms with E-state index in [1.807, 2.05) is 78.9 Å². The first-order chi connectivity index (χ1) is 13.3. The molecule has 0 amide bonds. The highest BCUT2D eigenvalue weighted by Crippen LogP contribution is 2.33. The van der Waals surface area contributed by atoms with Gasteiger partial charge in [-0.05, 0) is 23.3 Å². The molecule has 0 saturated heterocycles. The largest absolute Gasteiger partial charge is 0.468 e. The highest BCUT2D eigenvalue weighted by atomic mass is 32.2. The normalized spacial score (nSPS) is 12.9. The van der Waals surface area contributed by atoms with Crippen LogP contribution < -0.4 is 5.32 Å². The summed E-state index contributed by atoms with van der Waals surface area (Å²) in [4.78, 5) is 13.7. The van der Waals surface area contributed by atoms with Gasteiger partial charge in [0.05, 0.1) is 13.2 Å². The van der Waals surface area contributed by atoms with Crippen molar-refractivity contribution in [3.8, 4) is 0 Å². The number of hydrogen-bond donors (Lipinski definition) is 1. The lowest BCUT2D eigenvalue weighted by Crippen LogP contribution is -2.35. The van der Waals surface area contributed by atoms with Crippen molar-refractivity contribution >= 4 is 17.7 Å². The fraction of sp³-hybridized carbons (Fsp3) is 0.174. The van der Waals surface area contributed by atoms with Crippen LogP contribution in [0, 0.1) is 0 Å². The van der Waals surface area contributed by atoms with E-state index in [-0.39, 0.29) is 12.0 Å². The number of benzene rings is 3. The minimum atomic E-state index is -0.400. The van der Waals surface area contributed by atoms with Crippen LogP contribution in [0.1, 0.15) is 17.2 Å². The molecule has 1 N–H and O–H groups in total. The molecule has 4 heteroatoms. The van der Waals surface area contributed by atoms with Crippen LogP contribution in [0.3, 0.4) is 0 Å². The standard InChI is InChI=1S/C23H23NO2S/c1-26-23(25)22(27-20-15-9-4-10-16-20)21(19-13-7-3-8-14-19)24-17-18-11-5-2-6-12-18/h2-16,21-22,24H,17H2,1H3. The zero-order valence-electron chi connectivity index (χ0n) is 15.2. The molecule has 0 aromatic heterocycles. The number of nitrogens with one attached hydrogen (secondary N) is 1. The summed E-state index contributed by atoms with van der Waals surface area (Å²) >= 11 is 1.52. The van der Waals surface area contributed by atoms with E-state index in [2.05, 4.69) is 17.4 Å². The van der Waals surface area contributed by atoms with Crippen molar-refractivity contribution < 1.29 is 9.53 Å². The van der Waals surface area contributed by atoms with E-state index >= 15 is 0 Å². The van der Waals surface area contributed by atoms with Crippen LogP contribution in [0.2, 0.25) is 0 Å². The summed E-state index contributed by atoms with van der Waals surface area (Å²) in [6.45, 7) is 0.670.